The van der Waals surface area contributed by atoms with Crippen LogP contribution >= 0.6 is 11.8 Å². The van der Waals surface area contributed by atoms with Gasteiger partial charge in [-0.2, -0.15) is 11.8 Å². The van der Waals surface area contributed by atoms with Crippen LogP contribution in [0.1, 0.15) is 38.6 Å². The van der Waals surface area contributed by atoms with Crippen molar-refractivity contribution < 1.29 is 4.42 Å². The lowest BCUT2D eigenvalue weighted by atomic mass is 10.2. The van der Waals surface area contributed by atoms with E-state index >= 15 is 0 Å². The van der Waals surface area contributed by atoms with Gasteiger partial charge in [0.15, 0.2) is 0 Å². The van der Waals surface area contributed by atoms with Gasteiger partial charge in [0.25, 0.3) is 0 Å². The molecule has 1 unspecified atom stereocenters. The van der Waals surface area contributed by atoms with Crippen molar-refractivity contribution in [2.24, 2.45) is 0 Å². The quantitative estimate of drug-likeness (QED) is 0.840. The van der Waals surface area contributed by atoms with Crippen molar-refractivity contribution in [2.75, 3.05) is 23.4 Å². The molecule has 6 heteroatoms. The van der Waals surface area contributed by atoms with E-state index in [9.17, 15) is 0 Å². The topological polar surface area (TPSA) is 63.0 Å². The number of hydrogen-bond acceptors (Lipinski definition) is 6. The highest BCUT2D eigenvalue weighted by Crippen LogP contribution is 2.21. The summed E-state index contributed by atoms with van der Waals surface area (Å²) in [6, 6.07) is 1.16. The Kier molecular flexibility index (Phi) is 4.67. The van der Waals surface area contributed by atoms with E-state index in [0.29, 0.717) is 17.9 Å². The average molecular weight is 256 g/mol. The minimum Gasteiger partial charge on any atom is -0.406 e. The summed E-state index contributed by atoms with van der Waals surface area (Å²) in [6.07, 6.45) is 2.34. The van der Waals surface area contributed by atoms with Crippen molar-refractivity contribution in [2.45, 2.75) is 38.8 Å². The normalized spacial score (nSPS) is 19.2. The molecule has 0 saturated carbocycles. The van der Waals surface area contributed by atoms with Gasteiger partial charge in [-0.05, 0) is 37.8 Å². The van der Waals surface area contributed by atoms with E-state index in [1.54, 1.807) is 0 Å². The zero-order chi connectivity index (χ0) is 12.1. The fraction of sp³-hybridized carbons (Fsp3) is 0.818. The van der Waals surface area contributed by atoms with Crippen LogP contribution in [0.3, 0.4) is 0 Å². The molecule has 2 rings (SSSR count). The third-order valence-corrected chi connectivity index (χ3v) is 3.92. The van der Waals surface area contributed by atoms with E-state index in [1.165, 1.54) is 24.3 Å². The maximum atomic E-state index is 5.60. The van der Waals surface area contributed by atoms with Crippen LogP contribution in [0.15, 0.2) is 4.42 Å². The SMILES string of the molecule is CCNC(C)c1nnc(NC2CCSCC2)o1. The summed E-state index contributed by atoms with van der Waals surface area (Å²) in [5.41, 5.74) is 0. The van der Waals surface area contributed by atoms with E-state index in [-0.39, 0.29) is 6.04 Å². The number of rotatable bonds is 5. The lowest BCUT2D eigenvalue weighted by Crippen LogP contribution is -2.24. The number of hydrogen-bond donors (Lipinski definition) is 2. The molecular formula is C11H20N4OS. The molecule has 0 spiro atoms. The van der Waals surface area contributed by atoms with Gasteiger partial charge >= 0.3 is 6.01 Å². The smallest absolute Gasteiger partial charge is 0.315 e. The van der Waals surface area contributed by atoms with Gasteiger partial charge in [0.05, 0.1) is 6.04 Å². The van der Waals surface area contributed by atoms with Crippen molar-refractivity contribution in [3.63, 3.8) is 0 Å². The van der Waals surface area contributed by atoms with Gasteiger partial charge in [-0.15, -0.1) is 5.10 Å². The van der Waals surface area contributed by atoms with E-state index in [4.69, 9.17) is 4.42 Å². The largest absolute Gasteiger partial charge is 0.406 e. The molecule has 1 aliphatic rings. The van der Waals surface area contributed by atoms with Crippen LogP contribution in [0.25, 0.3) is 0 Å². The Hall–Kier alpha value is -0.750. The monoisotopic (exact) mass is 256 g/mol. The predicted molar refractivity (Wildman–Crippen MR) is 70.4 cm³/mol. The molecule has 0 bridgehead atoms. The van der Waals surface area contributed by atoms with Gasteiger partial charge in [-0.3, -0.25) is 0 Å². The maximum absolute atomic E-state index is 5.60. The zero-order valence-corrected chi connectivity index (χ0v) is 11.2. The van der Waals surface area contributed by atoms with Crippen LogP contribution in [-0.2, 0) is 0 Å². The predicted octanol–water partition coefficient (Wildman–Crippen LogP) is 2.05. The molecule has 1 saturated heterocycles. The highest BCUT2D eigenvalue weighted by Gasteiger charge is 2.17. The van der Waals surface area contributed by atoms with Gasteiger partial charge in [-0.25, -0.2) is 0 Å². The summed E-state index contributed by atoms with van der Waals surface area (Å²) in [5, 5.41) is 14.7. The summed E-state index contributed by atoms with van der Waals surface area (Å²) < 4.78 is 5.60. The molecule has 1 atom stereocenters. The van der Waals surface area contributed by atoms with Crippen LogP contribution in [0, 0.1) is 0 Å². The molecule has 1 fully saturated rings. The molecule has 17 heavy (non-hydrogen) atoms. The number of anilines is 1. The molecule has 1 aliphatic heterocycles. The molecule has 1 aromatic heterocycles. The number of nitrogens with zero attached hydrogens (tertiary/aromatic N) is 2. The van der Waals surface area contributed by atoms with Crippen LogP contribution in [0.2, 0.25) is 0 Å². The Balaban J connectivity index is 1.88. The van der Waals surface area contributed by atoms with Gasteiger partial charge < -0.3 is 15.1 Å². The second-order valence-electron chi connectivity index (χ2n) is 4.26. The number of aromatic nitrogens is 2. The van der Waals surface area contributed by atoms with Crippen molar-refractivity contribution in [1.82, 2.24) is 15.5 Å². The molecule has 0 aromatic carbocycles. The lowest BCUT2D eigenvalue weighted by Gasteiger charge is -2.21. The third-order valence-electron chi connectivity index (χ3n) is 2.87. The highest BCUT2D eigenvalue weighted by atomic mass is 32.2. The minimum absolute atomic E-state index is 0.116. The molecule has 2 N–H and O–H groups in total. The van der Waals surface area contributed by atoms with Crippen molar-refractivity contribution in [3.8, 4) is 0 Å². The second-order valence-corrected chi connectivity index (χ2v) is 5.48. The molecule has 96 valence electrons. The Morgan fingerprint density at radius 2 is 2.18 bits per heavy atom. The minimum atomic E-state index is 0.116. The lowest BCUT2D eigenvalue weighted by molar-refractivity contribution is 0.425. The average Bonchev–Trinajstić information content (AvgIpc) is 2.79. The van der Waals surface area contributed by atoms with Gasteiger partial charge in [0.1, 0.15) is 0 Å². The summed E-state index contributed by atoms with van der Waals surface area (Å²) in [4.78, 5) is 0. The molecule has 2 heterocycles. The fourth-order valence-corrected chi connectivity index (χ4v) is 2.98. The van der Waals surface area contributed by atoms with E-state index in [1.807, 2.05) is 18.7 Å². The first-order valence-corrected chi connectivity index (χ1v) is 7.36. The van der Waals surface area contributed by atoms with Crippen LogP contribution in [0.5, 0.6) is 0 Å². The Morgan fingerprint density at radius 3 is 2.88 bits per heavy atom. The second kappa shape index (κ2) is 6.26. The highest BCUT2D eigenvalue weighted by molar-refractivity contribution is 7.99. The standard InChI is InChI=1S/C11H20N4OS/c1-3-12-8(2)10-14-15-11(16-10)13-9-4-6-17-7-5-9/h8-9,12H,3-7H2,1-2H3,(H,13,15). The van der Waals surface area contributed by atoms with Gasteiger partial charge in [-0.1, -0.05) is 12.0 Å². The number of nitrogens with one attached hydrogen (secondary N) is 2. The summed E-state index contributed by atoms with van der Waals surface area (Å²) in [7, 11) is 0. The van der Waals surface area contributed by atoms with E-state index < -0.39 is 0 Å². The molecule has 1 aromatic rings. The molecule has 0 radical (unpaired) electrons. The summed E-state index contributed by atoms with van der Waals surface area (Å²) in [6.45, 7) is 4.98. The van der Waals surface area contributed by atoms with Crippen LogP contribution < -0.4 is 10.6 Å². The molecule has 5 nitrogen and oxygen atoms in total. The van der Waals surface area contributed by atoms with Gasteiger partial charge in [0.2, 0.25) is 5.89 Å². The summed E-state index contributed by atoms with van der Waals surface area (Å²) in [5.74, 6) is 3.08. The van der Waals surface area contributed by atoms with Crippen LogP contribution in [0.4, 0.5) is 6.01 Å². The number of thioether (sulfide) groups is 1. The van der Waals surface area contributed by atoms with Gasteiger partial charge in [0, 0.05) is 6.04 Å². The molecule has 0 aliphatic carbocycles. The maximum Gasteiger partial charge on any atom is 0.315 e. The van der Waals surface area contributed by atoms with E-state index in [0.717, 1.165) is 6.54 Å². The first-order chi connectivity index (χ1) is 8.29. The fourth-order valence-electron chi connectivity index (χ4n) is 1.88. The molecule has 0 amide bonds. The Labute approximate surface area is 106 Å². The van der Waals surface area contributed by atoms with Crippen LogP contribution in [-0.4, -0.2) is 34.3 Å². The first-order valence-electron chi connectivity index (χ1n) is 6.20. The summed E-state index contributed by atoms with van der Waals surface area (Å²) >= 11 is 2.01. The Morgan fingerprint density at radius 1 is 1.41 bits per heavy atom. The third kappa shape index (κ3) is 3.61. The zero-order valence-electron chi connectivity index (χ0n) is 10.4. The molecular weight excluding hydrogens is 236 g/mol. The van der Waals surface area contributed by atoms with Crippen molar-refractivity contribution in [3.05, 3.63) is 5.89 Å². The van der Waals surface area contributed by atoms with E-state index in [2.05, 4.69) is 27.8 Å². The van der Waals surface area contributed by atoms with Crippen molar-refractivity contribution >= 4 is 17.8 Å². The Bertz CT molecular complexity index is 338. The first kappa shape index (κ1) is 12.7. The van der Waals surface area contributed by atoms with Crippen molar-refractivity contribution in [1.29, 1.82) is 0 Å².